The predicted octanol–water partition coefficient (Wildman–Crippen LogP) is 3.06. The molecule has 0 N–H and O–H groups in total. The van der Waals surface area contributed by atoms with E-state index in [9.17, 15) is 0 Å². The highest BCUT2D eigenvalue weighted by Gasteiger charge is 2.17. The summed E-state index contributed by atoms with van der Waals surface area (Å²) in [5, 5.41) is 0. The Balaban J connectivity index is 2.19. The molecule has 0 aliphatic heterocycles. The third kappa shape index (κ3) is 0.920. The molecule has 0 aromatic heterocycles. The first kappa shape index (κ1) is 6.21. The Bertz CT molecular complexity index is 196. The highest BCUT2D eigenvalue weighted by atomic mass is 14.2. The van der Waals surface area contributed by atoms with E-state index in [1.54, 1.807) is 11.1 Å². The molecule has 0 aromatic rings. The molecular formula is C10H14. The zero-order chi connectivity index (χ0) is 6.97. The largest absolute Gasteiger partial charge is 0.0802 e. The van der Waals surface area contributed by atoms with E-state index in [0.29, 0.717) is 0 Å². The molecule has 10 heavy (non-hydrogen) atoms. The predicted molar refractivity (Wildman–Crippen MR) is 43.8 cm³/mol. The Morgan fingerprint density at radius 3 is 3.30 bits per heavy atom. The lowest BCUT2D eigenvalue weighted by Crippen LogP contribution is -2.03. The normalized spacial score (nSPS) is 31.1. The van der Waals surface area contributed by atoms with Crippen LogP contribution in [0.1, 0.15) is 32.6 Å². The van der Waals surface area contributed by atoms with Crippen LogP contribution >= 0.6 is 0 Å². The molecule has 0 nitrogen and oxygen atoms in total. The van der Waals surface area contributed by atoms with Gasteiger partial charge in [-0.3, -0.25) is 0 Å². The average molecular weight is 134 g/mol. The van der Waals surface area contributed by atoms with Gasteiger partial charge in [-0.1, -0.05) is 24.6 Å². The van der Waals surface area contributed by atoms with E-state index in [2.05, 4.69) is 19.1 Å². The molecule has 0 heterocycles. The second-order valence-corrected chi connectivity index (χ2v) is 3.58. The summed E-state index contributed by atoms with van der Waals surface area (Å²) in [6, 6.07) is 0. The van der Waals surface area contributed by atoms with Crippen LogP contribution < -0.4 is 0 Å². The molecule has 0 spiro atoms. The fourth-order valence-electron chi connectivity index (χ4n) is 1.97. The molecule has 1 unspecified atom stereocenters. The Hall–Kier alpha value is -0.520. The van der Waals surface area contributed by atoms with Crippen LogP contribution in [0.25, 0.3) is 0 Å². The first-order valence-electron chi connectivity index (χ1n) is 4.23. The molecule has 0 saturated heterocycles. The van der Waals surface area contributed by atoms with E-state index in [-0.39, 0.29) is 0 Å². The third-order valence-corrected chi connectivity index (χ3v) is 2.64. The second-order valence-electron chi connectivity index (χ2n) is 3.58. The van der Waals surface area contributed by atoms with Gasteiger partial charge >= 0.3 is 0 Å². The van der Waals surface area contributed by atoms with Crippen molar-refractivity contribution in [1.82, 2.24) is 0 Å². The van der Waals surface area contributed by atoms with Crippen molar-refractivity contribution in [3.63, 3.8) is 0 Å². The maximum Gasteiger partial charge on any atom is -0.0130 e. The Kier molecular flexibility index (Phi) is 1.40. The van der Waals surface area contributed by atoms with E-state index in [1.807, 2.05) is 0 Å². The van der Waals surface area contributed by atoms with Crippen molar-refractivity contribution in [2.75, 3.05) is 0 Å². The van der Waals surface area contributed by atoms with Crippen molar-refractivity contribution in [1.29, 1.82) is 0 Å². The van der Waals surface area contributed by atoms with Crippen LogP contribution in [0, 0.1) is 5.92 Å². The van der Waals surface area contributed by atoms with E-state index < -0.39 is 0 Å². The Morgan fingerprint density at radius 2 is 2.40 bits per heavy atom. The van der Waals surface area contributed by atoms with Gasteiger partial charge in [0.15, 0.2) is 0 Å². The molecule has 2 aliphatic rings. The molecule has 0 saturated carbocycles. The summed E-state index contributed by atoms with van der Waals surface area (Å²) < 4.78 is 0. The van der Waals surface area contributed by atoms with Crippen LogP contribution in [-0.2, 0) is 0 Å². The smallest absolute Gasteiger partial charge is 0.0130 e. The monoisotopic (exact) mass is 134 g/mol. The van der Waals surface area contributed by atoms with Crippen molar-refractivity contribution in [2.24, 2.45) is 5.92 Å². The van der Waals surface area contributed by atoms with E-state index in [1.165, 1.54) is 25.7 Å². The van der Waals surface area contributed by atoms with Crippen LogP contribution in [0.2, 0.25) is 0 Å². The fourth-order valence-corrected chi connectivity index (χ4v) is 1.97. The van der Waals surface area contributed by atoms with Gasteiger partial charge in [0.05, 0.1) is 0 Å². The fraction of sp³-hybridized carbons (Fsp3) is 0.600. The van der Waals surface area contributed by atoms with Gasteiger partial charge < -0.3 is 0 Å². The zero-order valence-corrected chi connectivity index (χ0v) is 6.56. The van der Waals surface area contributed by atoms with Gasteiger partial charge in [-0.2, -0.15) is 0 Å². The number of rotatable bonds is 0. The Morgan fingerprint density at radius 1 is 1.50 bits per heavy atom. The molecule has 2 rings (SSSR count). The highest BCUT2D eigenvalue weighted by molar-refractivity contribution is 5.35. The summed E-state index contributed by atoms with van der Waals surface area (Å²) in [5.74, 6) is 0.932. The molecule has 0 radical (unpaired) electrons. The molecule has 0 aromatic carbocycles. The van der Waals surface area contributed by atoms with Crippen molar-refractivity contribution in [2.45, 2.75) is 32.6 Å². The molecule has 2 aliphatic carbocycles. The van der Waals surface area contributed by atoms with Gasteiger partial charge in [-0.05, 0) is 37.2 Å². The SMILES string of the molecule is CC1CCC2=C(C=CC2)C1. The summed E-state index contributed by atoms with van der Waals surface area (Å²) in [6.07, 6.45) is 10.0. The summed E-state index contributed by atoms with van der Waals surface area (Å²) in [6.45, 7) is 2.36. The van der Waals surface area contributed by atoms with Crippen molar-refractivity contribution >= 4 is 0 Å². The molecule has 0 fully saturated rings. The summed E-state index contributed by atoms with van der Waals surface area (Å²) in [5.41, 5.74) is 3.37. The third-order valence-electron chi connectivity index (χ3n) is 2.64. The summed E-state index contributed by atoms with van der Waals surface area (Å²) >= 11 is 0. The van der Waals surface area contributed by atoms with Crippen LogP contribution in [0.15, 0.2) is 23.3 Å². The molecule has 0 amide bonds. The van der Waals surface area contributed by atoms with Crippen LogP contribution in [0.5, 0.6) is 0 Å². The second kappa shape index (κ2) is 2.26. The van der Waals surface area contributed by atoms with E-state index in [0.717, 1.165) is 5.92 Å². The first-order chi connectivity index (χ1) is 4.86. The number of hydrogen-bond acceptors (Lipinski definition) is 0. The maximum absolute atomic E-state index is 2.36. The van der Waals surface area contributed by atoms with Gasteiger partial charge in [0.2, 0.25) is 0 Å². The van der Waals surface area contributed by atoms with Crippen molar-refractivity contribution in [3.8, 4) is 0 Å². The molecule has 0 heteroatoms. The molecule has 0 bridgehead atoms. The maximum atomic E-state index is 2.36. The van der Waals surface area contributed by atoms with Crippen molar-refractivity contribution < 1.29 is 0 Å². The lowest BCUT2D eigenvalue weighted by atomic mass is 9.86. The van der Waals surface area contributed by atoms with Crippen molar-refractivity contribution in [3.05, 3.63) is 23.3 Å². The number of hydrogen-bond donors (Lipinski definition) is 0. The van der Waals surface area contributed by atoms with Crippen LogP contribution in [0.4, 0.5) is 0 Å². The standard InChI is InChI=1S/C10H14/c1-8-5-6-9-3-2-4-10(9)7-8/h2,4,8H,3,5-7H2,1H3. The summed E-state index contributed by atoms with van der Waals surface area (Å²) in [4.78, 5) is 0. The average Bonchev–Trinajstić information content (AvgIpc) is 2.33. The topological polar surface area (TPSA) is 0 Å². The van der Waals surface area contributed by atoms with E-state index in [4.69, 9.17) is 0 Å². The molecular weight excluding hydrogens is 120 g/mol. The zero-order valence-electron chi connectivity index (χ0n) is 6.56. The van der Waals surface area contributed by atoms with E-state index >= 15 is 0 Å². The first-order valence-corrected chi connectivity index (χ1v) is 4.23. The van der Waals surface area contributed by atoms with Gasteiger partial charge in [0.25, 0.3) is 0 Å². The quantitative estimate of drug-likeness (QED) is 0.477. The minimum Gasteiger partial charge on any atom is -0.0802 e. The summed E-state index contributed by atoms with van der Waals surface area (Å²) in [7, 11) is 0. The minimum absolute atomic E-state index is 0.932. The molecule has 1 atom stereocenters. The number of allylic oxidation sites excluding steroid dienone is 4. The lowest BCUT2D eigenvalue weighted by molar-refractivity contribution is 0.502. The van der Waals surface area contributed by atoms with Crippen LogP contribution in [-0.4, -0.2) is 0 Å². The molecule has 54 valence electrons. The van der Waals surface area contributed by atoms with Gasteiger partial charge in [0, 0.05) is 0 Å². The van der Waals surface area contributed by atoms with Gasteiger partial charge in [-0.25, -0.2) is 0 Å². The van der Waals surface area contributed by atoms with Gasteiger partial charge in [0.1, 0.15) is 0 Å². The van der Waals surface area contributed by atoms with Gasteiger partial charge in [-0.15, -0.1) is 0 Å². The highest BCUT2D eigenvalue weighted by Crippen LogP contribution is 2.34. The Labute approximate surface area is 62.6 Å². The minimum atomic E-state index is 0.932. The lowest BCUT2D eigenvalue weighted by Gasteiger charge is -2.19. The van der Waals surface area contributed by atoms with Crippen LogP contribution in [0.3, 0.4) is 0 Å².